The van der Waals surface area contributed by atoms with Crippen LogP contribution in [0.3, 0.4) is 0 Å². The Morgan fingerprint density at radius 1 is 1.26 bits per heavy atom. The van der Waals surface area contributed by atoms with Gasteiger partial charge in [-0.05, 0) is 18.2 Å². The molecule has 0 unspecified atom stereocenters. The summed E-state index contributed by atoms with van der Waals surface area (Å²) in [6.45, 7) is 0.0654. The largest absolute Gasteiger partial charge is 0.497 e. The number of fused-ring (bicyclic) bond motifs is 2. The van der Waals surface area contributed by atoms with Crippen LogP contribution in [0.25, 0.3) is 21.8 Å². The van der Waals surface area contributed by atoms with Gasteiger partial charge in [0.2, 0.25) is 5.91 Å². The van der Waals surface area contributed by atoms with E-state index in [2.05, 4.69) is 20.4 Å². The van der Waals surface area contributed by atoms with Crippen molar-refractivity contribution in [1.29, 1.82) is 0 Å². The summed E-state index contributed by atoms with van der Waals surface area (Å²) in [5, 5.41) is 8.09. The van der Waals surface area contributed by atoms with Crippen molar-refractivity contribution in [3.05, 3.63) is 64.8 Å². The van der Waals surface area contributed by atoms with Crippen LogP contribution in [0.4, 0.5) is 0 Å². The first-order chi connectivity index (χ1) is 13.1. The summed E-state index contributed by atoms with van der Waals surface area (Å²) in [6, 6.07) is 12.7. The number of amides is 1. The van der Waals surface area contributed by atoms with Gasteiger partial charge in [-0.1, -0.05) is 18.2 Å². The number of hydrogen-bond acceptors (Lipinski definition) is 5. The average Bonchev–Trinajstić information content (AvgIpc) is 3.11. The maximum atomic E-state index is 12.4. The fraction of sp³-hybridized carbons (Fsp3) is 0.158. The Morgan fingerprint density at radius 3 is 2.96 bits per heavy atom. The van der Waals surface area contributed by atoms with Crippen molar-refractivity contribution in [2.45, 2.75) is 13.1 Å². The van der Waals surface area contributed by atoms with Crippen LogP contribution in [0.1, 0.15) is 5.82 Å². The highest BCUT2D eigenvalue weighted by Crippen LogP contribution is 2.18. The molecule has 136 valence electrons. The fourth-order valence-corrected chi connectivity index (χ4v) is 2.87. The van der Waals surface area contributed by atoms with E-state index in [0.717, 1.165) is 26.9 Å². The Labute approximate surface area is 153 Å². The van der Waals surface area contributed by atoms with Gasteiger partial charge in [-0.3, -0.25) is 9.59 Å². The van der Waals surface area contributed by atoms with E-state index in [-0.39, 0.29) is 24.6 Å². The lowest BCUT2D eigenvalue weighted by atomic mass is 10.2. The zero-order valence-corrected chi connectivity index (χ0v) is 14.6. The van der Waals surface area contributed by atoms with Crippen LogP contribution in [0.2, 0.25) is 0 Å². The summed E-state index contributed by atoms with van der Waals surface area (Å²) in [6.07, 6.45) is 1.58. The minimum Gasteiger partial charge on any atom is -0.497 e. The van der Waals surface area contributed by atoms with E-state index in [9.17, 15) is 9.59 Å². The lowest BCUT2D eigenvalue weighted by Gasteiger charge is -2.06. The predicted molar refractivity (Wildman–Crippen MR) is 100 cm³/mol. The molecular formula is C19H17N5O3. The molecule has 0 aliphatic heterocycles. The van der Waals surface area contributed by atoms with Crippen molar-refractivity contribution < 1.29 is 9.53 Å². The SMILES string of the molecule is COc1ccc2nc(CNC(=O)Cn3ncc4ccccc4c3=O)[nH]c2c1. The number of imidazole rings is 1. The third-order valence-corrected chi connectivity index (χ3v) is 4.25. The van der Waals surface area contributed by atoms with Crippen molar-refractivity contribution in [3.63, 3.8) is 0 Å². The number of rotatable bonds is 5. The molecule has 0 saturated carbocycles. The second-order valence-corrected chi connectivity index (χ2v) is 6.04. The summed E-state index contributed by atoms with van der Waals surface area (Å²) in [7, 11) is 1.60. The van der Waals surface area contributed by atoms with Gasteiger partial charge < -0.3 is 15.0 Å². The van der Waals surface area contributed by atoms with Crippen molar-refractivity contribution in [2.24, 2.45) is 0 Å². The quantitative estimate of drug-likeness (QED) is 0.561. The normalized spacial score (nSPS) is 11.0. The molecule has 0 bridgehead atoms. The molecule has 2 heterocycles. The highest BCUT2D eigenvalue weighted by atomic mass is 16.5. The Bertz CT molecular complexity index is 1190. The number of hydrogen-bond donors (Lipinski definition) is 2. The first kappa shape index (κ1) is 16.8. The standard InChI is InChI=1S/C19H17N5O3/c1-27-13-6-7-15-16(8-13)23-17(22-15)10-20-18(25)11-24-19(26)14-5-3-2-4-12(14)9-21-24/h2-9H,10-11H2,1H3,(H,20,25)(H,22,23). The Kier molecular flexibility index (Phi) is 4.29. The number of carbonyl (C=O) groups excluding carboxylic acids is 1. The third kappa shape index (κ3) is 3.37. The van der Waals surface area contributed by atoms with Gasteiger partial charge in [-0.2, -0.15) is 5.10 Å². The van der Waals surface area contributed by atoms with Crippen molar-refractivity contribution >= 4 is 27.7 Å². The van der Waals surface area contributed by atoms with E-state index in [1.165, 1.54) is 0 Å². The molecule has 0 fully saturated rings. The van der Waals surface area contributed by atoms with Crippen molar-refractivity contribution in [2.75, 3.05) is 7.11 Å². The van der Waals surface area contributed by atoms with Crippen LogP contribution < -0.4 is 15.6 Å². The summed E-state index contributed by atoms with van der Waals surface area (Å²) in [4.78, 5) is 32.2. The number of methoxy groups -OCH3 is 1. The van der Waals surface area contributed by atoms with Gasteiger partial charge in [0.25, 0.3) is 5.56 Å². The first-order valence-corrected chi connectivity index (χ1v) is 8.38. The van der Waals surface area contributed by atoms with Crippen LogP contribution in [0, 0.1) is 0 Å². The second-order valence-electron chi connectivity index (χ2n) is 6.04. The maximum Gasteiger partial charge on any atom is 0.275 e. The summed E-state index contributed by atoms with van der Waals surface area (Å²) in [5.41, 5.74) is 1.32. The van der Waals surface area contributed by atoms with E-state index < -0.39 is 0 Å². The molecule has 0 spiro atoms. The van der Waals surface area contributed by atoms with Gasteiger partial charge in [0.05, 0.1) is 36.3 Å². The smallest absolute Gasteiger partial charge is 0.275 e. The van der Waals surface area contributed by atoms with Crippen LogP contribution in [0.5, 0.6) is 5.75 Å². The molecule has 0 radical (unpaired) electrons. The van der Waals surface area contributed by atoms with E-state index in [0.29, 0.717) is 11.2 Å². The number of ether oxygens (including phenoxy) is 1. The number of carbonyl (C=O) groups is 1. The van der Waals surface area contributed by atoms with Crippen LogP contribution in [-0.4, -0.2) is 32.8 Å². The molecule has 1 amide bonds. The highest BCUT2D eigenvalue weighted by Gasteiger charge is 2.10. The molecule has 0 aliphatic carbocycles. The molecule has 8 heteroatoms. The van der Waals surface area contributed by atoms with E-state index >= 15 is 0 Å². The Morgan fingerprint density at radius 2 is 2.11 bits per heavy atom. The molecular weight excluding hydrogens is 346 g/mol. The van der Waals surface area contributed by atoms with Crippen molar-refractivity contribution in [1.82, 2.24) is 25.1 Å². The van der Waals surface area contributed by atoms with Gasteiger partial charge in [0.1, 0.15) is 18.1 Å². The monoisotopic (exact) mass is 363 g/mol. The average molecular weight is 363 g/mol. The Balaban J connectivity index is 1.45. The van der Waals surface area contributed by atoms with Gasteiger partial charge in [0, 0.05) is 11.5 Å². The van der Waals surface area contributed by atoms with E-state index in [1.54, 1.807) is 25.4 Å². The molecule has 2 N–H and O–H groups in total. The third-order valence-electron chi connectivity index (χ3n) is 4.25. The summed E-state index contributed by atoms with van der Waals surface area (Å²) < 4.78 is 6.33. The zero-order valence-electron chi connectivity index (χ0n) is 14.6. The summed E-state index contributed by atoms with van der Waals surface area (Å²) >= 11 is 0. The van der Waals surface area contributed by atoms with Gasteiger partial charge in [-0.25, -0.2) is 9.67 Å². The van der Waals surface area contributed by atoms with Crippen LogP contribution >= 0.6 is 0 Å². The van der Waals surface area contributed by atoms with E-state index in [1.807, 2.05) is 30.3 Å². The lowest BCUT2D eigenvalue weighted by molar-refractivity contribution is -0.122. The zero-order chi connectivity index (χ0) is 18.8. The number of H-pyrrole nitrogens is 1. The number of benzene rings is 2. The van der Waals surface area contributed by atoms with Gasteiger partial charge in [0.15, 0.2) is 0 Å². The molecule has 0 atom stereocenters. The minimum absolute atomic E-state index is 0.155. The van der Waals surface area contributed by atoms with Gasteiger partial charge in [-0.15, -0.1) is 0 Å². The first-order valence-electron chi connectivity index (χ1n) is 8.38. The number of aromatic amines is 1. The van der Waals surface area contributed by atoms with Crippen LogP contribution in [-0.2, 0) is 17.9 Å². The lowest BCUT2D eigenvalue weighted by Crippen LogP contribution is -2.33. The number of nitrogens with zero attached hydrogens (tertiary/aromatic N) is 3. The maximum absolute atomic E-state index is 12.4. The fourth-order valence-electron chi connectivity index (χ4n) is 2.87. The molecule has 2 aromatic heterocycles. The minimum atomic E-state index is -0.321. The van der Waals surface area contributed by atoms with Crippen molar-refractivity contribution in [3.8, 4) is 5.75 Å². The van der Waals surface area contributed by atoms with Gasteiger partial charge >= 0.3 is 0 Å². The molecule has 4 aromatic rings. The van der Waals surface area contributed by atoms with Crippen LogP contribution in [0.15, 0.2) is 53.5 Å². The molecule has 0 aliphatic rings. The molecule has 8 nitrogen and oxygen atoms in total. The highest BCUT2D eigenvalue weighted by molar-refractivity contribution is 5.81. The number of nitrogens with one attached hydrogen (secondary N) is 2. The second kappa shape index (κ2) is 6.91. The Hall–Kier alpha value is -3.68. The van der Waals surface area contributed by atoms with E-state index in [4.69, 9.17) is 4.74 Å². The molecule has 27 heavy (non-hydrogen) atoms. The topological polar surface area (TPSA) is 102 Å². The molecule has 2 aromatic carbocycles. The molecule has 4 rings (SSSR count). The number of aromatic nitrogens is 4. The molecule has 0 saturated heterocycles. The predicted octanol–water partition coefficient (Wildman–Crippen LogP) is 1.60. The summed E-state index contributed by atoms with van der Waals surface area (Å²) in [5.74, 6) is 1.02.